The highest BCUT2D eigenvalue weighted by Crippen LogP contribution is 2.33. The van der Waals surface area contributed by atoms with Crippen molar-refractivity contribution in [2.24, 2.45) is 0 Å². The fourth-order valence-corrected chi connectivity index (χ4v) is 3.62. The van der Waals surface area contributed by atoms with Crippen molar-refractivity contribution in [1.29, 1.82) is 0 Å². The van der Waals surface area contributed by atoms with Gasteiger partial charge in [-0.15, -0.1) is 0 Å². The predicted octanol–water partition coefficient (Wildman–Crippen LogP) is 5.44. The van der Waals surface area contributed by atoms with Gasteiger partial charge in [0, 0.05) is 29.2 Å². The van der Waals surface area contributed by atoms with E-state index in [1.165, 1.54) is 0 Å². The highest BCUT2D eigenvalue weighted by atomic mass is 16.5. The molecule has 5 rings (SSSR count). The Hall–Kier alpha value is -3.99. The molecule has 0 unspecified atom stereocenters. The molecular formula is C25H20N4O. The van der Waals surface area contributed by atoms with Crippen molar-refractivity contribution in [3.05, 3.63) is 90.9 Å². The first kappa shape index (κ1) is 18.1. The van der Waals surface area contributed by atoms with E-state index in [1.54, 1.807) is 7.11 Å². The van der Waals surface area contributed by atoms with Crippen molar-refractivity contribution < 1.29 is 4.74 Å². The monoisotopic (exact) mass is 392 g/mol. The highest BCUT2D eigenvalue weighted by Gasteiger charge is 2.17. The van der Waals surface area contributed by atoms with E-state index in [2.05, 4.69) is 15.5 Å². The second-order valence-electron chi connectivity index (χ2n) is 7.06. The van der Waals surface area contributed by atoms with Crippen molar-refractivity contribution in [3.63, 3.8) is 0 Å². The molecule has 0 saturated carbocycles. The van der Waals surface area contributed by atoms with E-state index in [4.69, 9.17) is 14.7 Å². The number of ether oxygens (including phenoxy) is 1. The topological polar surface area (TPSA) is 52.3 Å². The number of benzene rings is 1. The van der Waals surface area contributed by atoms with Gasteiger partial charge in [0.05, 0.1) is 24.2 Å². The molecule has 5 aromatic rings. The number of imidazole rings is 1. The summed E-state index contributed by atoms with van der Waals surface area (Å²) >= 11 is 0. The smallest absolute Gasteiger partial charge is 0.138 e. The summed E-state index contributed by atoms with van der Waals surface area (Å²) in [7, 11) is 1.67. The number of hydrogen-bond donors (Lipinski definition) is 0. The second kappa shape index (κ2) is 7.44. The van der Waals surface area contributed by atoms with Crippen LogP contribution in [0.2, 0.25) is 0 Å². The normalized spacial score (nSPS) is 11.0. The van der Waals surface area contributed by atoms with Crippen molar-refractivity contribution >= 4 is 5.65 Å². The van der Waals surface area contributed by atoms with Crippen LogP contribution in [0.15, 0.2) is 85.2 Å². The lowest BCUT2D eigenvalue weighted by atomic mass is 10.0. The first-order chi connectivity index (χ1) is 14.7. The van der Waals surface area contributed by atoms with Gasteiger partial charge in [0.2, 0.25) is 0 Å². The summed E-state index contributed by atoms with van der Waals surface area (Å²) < 4.78 is 7.37. The molecule has 0 N–H and O–H groups in total. The largest absolute Gasteiger partial charge is 0.497 e. The molecular weight excluding hydrogens is 372 g/mol. The maximum atomic E-state index is 5.27. The minimum absolute atomic E-state index is 0.824. The summed E-state index contributed by atoms with van der Waals surface area (Å²) in [4.78, 5) is 14.2. The molecule has 0 saturated heterocycles. The molecule has 0 aliphatic rings. The Kier molecular flexibility index (Phi) is 4.48. The molecule has 0 bridgehead atoms. The Labute approximate surface area is 174 Å². The van der Waals surface area contributed by atoms with Gasteiger partial charge in [-0.3, -0.25) is 14.4 Å². The van der Waals surface area contributed by atoms with Crippen LogP contribution in [0.3, 0.4) is 0 Å². The Morgan fingerprint density at radius 3 is 2.47 bits per heavy atom. The van der Waals surface area contributed by atoms with E-state index in [-0.39, 0.29) is 0 Å². The summed E-state index contributed by atoms with van der Waals surface area (Å²) in [6.07, 6.45) is 3.87. The van der Waals surface area contributed by atoms with Gasteiger partial charge in [-0.1, -0.05) is 12.1 Å². The van der Waals surface area contributed by atoms with Crippen LogP contribution >= 0.6 is 0 Å². The van der Waals surface area contributed by atoms with Gasteiger partial charge in [0.25, 0.3) is 0 Å². The number of aryl methyl sites for hydroxylation is 1. The van der Waals surface area contributed by atoms with Gasteiger partial charge in [-0.2, -0.15) is 0 Å². The van der Waals surface area contributed by atoms with E-state index in [0.717, 1.165) is 51.0 Å². The molecule has 30 heavy (non-hydrogen) atoms. The van der Waals surface area contributed by atoms with Crippen LogP contribution in [0.1, 0.15) is 5.69 Å². The van der Waals surface area contributed by atoms with Crippen LogP contribution in [0.4, 0.5) is 0 Å². The van der Waals surface area contributed by atoms with Gasteiger partial charge >= 0.3 is 0 Å². The fourth-order valence-electron chi connectivity index (χ4n) is 3.62. The Balaban J connectivity index is 1.70. The van der Waals surface area contributed by atoms with Crippen molar-refractivity contribution in [2.45, 2.75) is 6.92 Å². The number of nitrogens with zero attached hydrogens (tertiary/aromatic N) is 4. The molecule has 0 fully saturated rings. The van der Waals surface area contributed by atoms with Gasteiger partial charge in [0.15, 0.2) is 0 Å². The van der Waals surface area contributed by atoms with Gasteiger partial charge in [-0.05, 0) is 67.6 Å². The number of methoxy groups -OCH3 is 1. The third kappa shape index (κ3) is 3.20. The zero-order chi connectivity index (χ0) is 20.5. The van der Waals surface area contributed by atoms with Crippen LogP contribution in [0.25, 0.3) is 39.5 Å². The summed E-state index contributed by atoms with van der Waals surface area (Å²) in [5.41, 5.74) is 7.52. The van der Waals surface area contributed by atoms with E-state index in [1.807, 2.05) is 86.0 Å². The standard InChI is InChI=1S/C25H20N4O/c1-17-6-5-7-21(27-17)24-25(29-15-4-3-8-23(29)28-24)19-13-14-26-22(16-19)18-9-11-20(30-2)12-10-18/h3-16H,1-2H3. The average Bonchev–Trinajstić information content (AvgIpc) is 3.19. The van der Waals surface area contributed by atoms with Crippen molar-refractivity contribution in [1.82, 2.24) is 19.4 Å². The molecule has 5 heteroatoms. The average molecular weight is 392 g/mol. The van der Waals surface area contributed by atoms with E-state index in [9.17, 15) is 0 Å². The number of rotatable bonds is 4. The molecule has 0 amide bonds. The minimum Gasteiger partial charge on any atom is -0.497 e. The maximum absolute atomic E-state index is 5.27. The molecule has 146 valence electrons. The first-order valence-electron chi connectivity index (χ1n) is 9.75. The number of hydrogen-bond acceptors (Lipinski definition) is 4. The molecule has 0 aliphatic carbocycles. The lowest BCUT2D eigenvalue weighted by Gasteiger charge is -2.08. The lowest BCUT2D eigenvalue weighted by molar-refractivity contribution is 0.415. The Bertz CT molecular complexity index is 1340. The van der Waals surface area contributed by atoms with Gasteiger partial charge in [0.1, 0.15) is 17.1 Å². The van der Waals surface area contributed by atoms with Gasteiger partial charge < -0.3 is 4.74 Å². The van der Waals surface area contributed by atoms with Crippen LogP contribution in [0.5, 0.6) is 5.75 Å². The van der Waals surface area contributed by atoms with Crippen molar-refractivity contribution in [2.75, 3.05) is 7.11 Å². The lowest BCUT2D eigenvalue weighted by Crippen LogP contribution is -1.93. The quantitative estimate of drug-likeness (QED) is 0.408. The molecule has 4 heterocycles. The van der Waals surface area contributed by atoms with Crippen LogP contribution in [-0.4, -0.2) is 26.5 Å². The molecule has 4 aromatic heterocycles. The van der Waals surface area contributed by atoms with E-state index in [0.29, 0.717) is 0 Å². The Morgan fingerprint density at radius 1 is 0.800 bits per heavy atom. The molecule has 0 aliphatic heterocycles. The number of aromatic nitrogens is 4. The molecule has 0 radical (unpaired) electrons. The van der Waals surface area contributed by atoms with E-state index >= 15 is 0 Å². The van der Waals surface area contributed by atoms with Crippen molar-refractivity contribution in [3.8, 4) is 39.7 Å². The van der Waals surface area contributed by atoms with E-state index < -0.39 is 0 Å². The second-order valence-corrected chi connectivity index (χ2v) is 7.06. The molecule has 1 aromatic carbocycles. The fraction of sp³-hybridized carbons (Fsp3) is 0.0800. The number of fused-ring (bicyclic) bond motifs is 1. The summed E-state index contributed by atoms with van der Waals surface area (Å²) in [5, 5.41) is 0. The predicted molar refractivity (Wildman–Crippen MR) is 118 cm³/mol. The minimum atomic E-state index is 0.824. The third-order valence-electron chi connectivity index (χ3n) is 5.08. The third-order valence-corrected chi connectivity index (χ3v) is 5.08. The van der Waals surface area contributed by atoms with Gasteiger partial charge in [-0.25, -0.2) is 4.98 Å². The molecule has 0 atom stereocenters. The molecule has 0 spiro atoms. The summed E-state index contributed by atoms with van der Waals surface area (Å²) in [5.74, 6) is 0.824. The summed E-state index contributed by atoms with van der Waals surface area (Å²) in [6, 6.07) is 24.1. The highest BCUT2D eigenvalue weighted by molar-refractivity contribution is 5.82. The molecule has 5 nitrogen and oxygen atoms in total. The summed E-state index contributed by atoms with van der Waals surface area (Å²) in [6.45, 7) is 1.99. The SMILES string of the molecule is COc1ccc(-c2cc(-c3c(-c4cccc(C)n4)nc4ccccn34)ccn2)cc1. The number of pyridine rings is 3. The zero-order valence-electron chi connectivity index (χ0n) is 16.8. The maximum Gasteiger partial charge on any atom is 0.138 e. The Morgan fingerprint density at radius 2 is 1.67 bits per heavy atom. The van der Waals surface area contributed by atoms with Crippen LogP contribution < -0.4 is 4.74 Å². The van der Waals surface area contributed by atoms with Crippen LogP contribution in [-0.2, 0) is 0 Å². The van der Waals surface area contributed by atoms with Crippen LogP contribution in [0, 0.1) is 6.92 Å². The zero-order valence-corrected chi connectivity index (χ0v) is 16.8. The first-order valence-corrected chi connectivity index (χ1v) is 9.75.